The van der Waals surface area contributed by atoms with Gasteiger partial charge in [0.1, 0.15) is 11.8 Å². The van der Waals surface area contributed by atoms with E-state index in [-0.39, 0.29) is 0 Å². The highest BCUT2D eigenvalue weighted by Crippen LogP contribution is 2.39. The van der Waals surface area contributed by atoms with Crippen molar-refractivity contribution < 1.29 is 18.6 Å². The summed E-state index contributed by atoms with van der Waals surface area (Å²) in [4.78, 5) is 11.2. The van der Waals surface area contributed by atoms with Gasteiger partial charge in [-0.15, -0.1) is 0 Å². The zero-order valence-electron chi connectivity index (χ0n) is 10.3. The maximum Gasteiger partial charge on any atom is 0.323 e. The molecule has 18 heavy (non-hydrogen) atoms. The Labute approximate surface area is 114 Å². The Kier molecular flexibility index (Phi) is 5.38. The Morgan fingerprint density at radius 1 is 1.39 bits per heavy atom. The number of methoxy groups -OCH3 is 1. The summed E-state index contributed by atoms with van der Waals surface area (Å²) in [5.41, 5.74) is 0. The van der Waals surface area contributed by atoms with Crippen LogP contribution in [0.5, 0.6) is 5.75 Å². The molecule has 0 aliphatic heterocycles. The van der Waals surface area contributed by atoms with Crippen LogP contribution in [-0.4, -0.2) is 25.8 Å². The van der Waals surface area contributed by atoms with Gasteiger partial charge in [-0.05, 0) is 31.2 Å². The zero-order valence-corrected chi connectivity index (χ0v) is 12.8. The molecule has 0 fully saturated rings. The van der Waals surface area contributed by atoms with E-state index in [0.29, 0.717) is 5.75 Å². The zero-order chi connectivity index (χ0) is 13.8. The van der Waals surface area contributed by atoms with Gasteiger partial charge in [0.2, 0.25) is 0 Å². The second-order valence-corrected chi connectivity index (χ2v) is 6.81. The molecule has 5 nitrogen and oxygen atoms in total. The number of hydrogen-bond donors (Lipinski definition) is 1. The van der Waals surface area contributed by atoms with Crippen molar-refractivity contribution in [2.24, 2.45) is 0 Å². The highest BCUT2D eigenvalue weighted by Gasteiger charge is 2.24. The molecule has 0 heterocycles. The third-order valence-corrected chi connectivity index (χ3v) is 4.02. The Balaban J connectivity index is 2.67. The van der Waals surface area contributed by atoms with E-state index < -0.39 is 19.5 Å². The molecular weight excluding hydrogens is 321 g/mol. The van der Waals surface area contributed by atoms with Crippen LogP contribution in [-0.2, 0) is 14.1 Å². The number of nitrogens with one attached hydrogen (secondary N) is 1. The van der Waals surface area contributed by atoms with Gasteiger partial charge in [0.15, 0.2) is 0 Å². The average Bonchev–Trinajstić information content (AvgIpc) is 2.30. The molecule has 0 aliphatic carbocycles. The molecular formula is C11H15BrNO4P. The Bertz CT molecular complexity index is 463. The minimum Gasteiger partial charge on any atom is -0.468 e. The molecule has 0 bridgehead atoms. The summed E-state index contributed by atoms with van der Waals surface area (Å²) < 4.78 is 22.9. The van der Waals surface area contributed by atoms with E-state index in [1.54, 1.807) is 31.2 Å². The van der Waals surface area contributed by atoms with E-state index in [4.69, 9.17) is 4.52 Å². The average molecular weight is 336 g/mol. The van der Waals surface area contributed by atoms with Gasteiger partial charge in [-0.3, -0.25) is 9.36 Å². The van der Waals surface area contributed by atoms with Gasteiger partial charge < -0.3 is 9.26 Å². The molecule has 0 saturated heterocycles. The second-order valence-electron chi connectivity index (χ2n) is 3.77. The third-order valence-electron chi connectivity index (χ3n) is 2.08. The number of benzene rings is 1. The van der Waals surface area contributed by atoms with Gasteiger partial charge in [0, 0.05) is 11.1 Å². The topological polar surface area (TPSA) is 64.6 Å². The summed E-state index contributed by atoms with van der Waals surface area (Å²) in [6, 6.07) is 6.23. The highest BCUT2D eigenvalue weighted by molar-refractivity contribution is 9.10. The Hall–Kier alpha value is -0.840. The smallest absolute Gasteiger partial charge is 0.323 e. The van der Waals surface area contributed by atoms with Gasteiger partial charge in [0.25, 0.3) is 0 Å². The standard InChI is InChI=1S/C11H15BrNO4P/c1-8(11(14)16-2)13-18(3,15)17-10-6-4-9(12)5-7-10/h4-8H,1-3H3,(H,13,15). The number of hydrogen-bond acceptors (Lipinski definition) is 4. The molecule has 7 heteroatoms. The Morgan fingerprint density at radius 2 is 1.94 bits per heavy atom. The van der Waals surface area contributed by atoms with Crippen LogP contribution in [0.3, 0.4) is 0 Å². The number of carbonyl (C=O) groups excluding carboxylic acids is 1. The first-order valence-corrected chi connectivity index (χ1v) is 8.09. The van der Waals surface area contributed by atoms with Crippen LogP contribution in [0.1, 0.15) is 6.92 Å². The lowest BCUT2D eigenvalue weighted by Crippen LogP contribution is -2.33. The fourth-order valence-electron chi connectivity index (χ4n) is 1.30. The van der Waals surface area contributed by atoms with Crippen molar-refractivity contribution >= 4 is 29.4 Å². The number of rotatable bonds is 5. The fraction of sp³-hybridized carbons (Fsp3) is 0.364. The highest BCUT2D eigenvalue weighted by atomic mass is 79.9. The molecule has 0 spiro atoms. The third kappa shape index (κ3) is 4.80. The van der Waals surface area contributed by atoms with Gasteiger partial charge in [0.05, 0.1) is 7.11 Å². The van der Waals surface area contributed by atoms with Crippen LogP contribution >= 0.6 is 23.4 Å². The maximum atomic E-state index is 12.1. The van der Waals surface area contributed by atoms with Crippen molar-refractivity contribution in [3.05, 3.63) is 28.7 Å². The fourth-order valence-corrected chi connectivity index (χ4v) is 2.95. The van der Waals surface area contributed by atoms with Crippen molar-refractivity contribution in [2.75, 3.05) is 13.8 Å². The number of halogens is 1. The molecule has 2 atom stereocenters. The molecule has 0 aliphatic rings. The number of ether oxygens (including phenoxy) is 1. The first-order valence-electron chi connectivity index (χ1n) is 5.22. The first kappa shape index (κ1) is 15.2. The molecule has 0 aromatic heterocycles. The monoisotopic (exact) mass is 335 g/mol. The first-order chi connectivity index (χ1) is 8.34. The lowest BCUT2D eigenvalue weighted by Gasteiger charge is -2.19. The predicted octanol–water partition coefficient (Wildman–Crippen LogP) is 2.80. The van der Waals surface area contributed by atoms with E-state index in [1.165, 1.54) is 13.8 Å². The molecule has 1 aromatic carbocycles. The predicted molar refractivity (Wildman–Crippen MR) is 72.9 cm³/mol. The van der Waals surface area contributed by atoms with E-state index in [9.17, 15) is 9.36 Å². The van der Waals surface area contributed by atoms with Gasteiger partial charge >= 0.3 is 13.5 Å². The van der Waals surface area contributed by atoms with E-state index in [1.807, 2.05) is 0 Å². The van der Waals surface area contributed by atoms with E-state index >= 15 is 0 Å². The molecule has 0 radical (unpaired) electrons. The lowest BCUT2D eigenvalue weighted by molar-refractivity contribution is -0.142. The van der Waals surface area contributed by atoms with Crippen LogP contribution in [0.25, 0.3) is 0 Å². The van der Waals surface area contributed by atoms with Crippen molar-refractivity contribution in [3.8, 4) is 5.75 Å². The molecule has 0 saturated carbocycles. The van der Waals surface area contributed by atoms with Gasteiger partial charge in [-0.25, -0.2) is 5.09 Å². The van der Waals surface area contributed by atoms with Gasteiger partial charge in [-0.1, -0.05) is 15.9 Å². The molecule has 0 amide bonds. The van der Waals surface area contributed by atoms with E-state index in [2.05, 4.69) is 25.8 Å². The number of carbonyl (C=O) groups is 1. The van der Waals surface area contributed by atoms with Crippen LogP contribution in [0.15, 0.2) is 28.7 Å². The largest absolute Gasteiger partial charge is 0.468 e. The summed E-state index contributed by atoms with van der Waals surface area (Å²) in [5.74, 6) is -0.0231. The molecule has 100 valence electrons. The molecule has 1 aromatic rings. The molecule has 1 N–H and O–H groups in total. The summed E-state index contributed by atoms with van der Waals surface area (Å²) in [7, 11) is -1.84. The Morgan fingerprint density at radius 3 is 2.44 bits per heavy atom. The van der Waals surface area contributed by atoms with Crippen LogP contribution in [0, 0.1) is 0 Å². The van der Waals surface area contributed by atoms with Crippen LogP contribution in [0.2, 0.25) is 0 Å². The summed E-state index contributed by atoms with van der Waals surface area (Å²) in [6.45, 7) is 2.97. The van der Waals surface area contributed by atoms with Crippen LogP contribution in [0.4, 0.5) is 0 Å². The summed E-state index contributed by atoms with van der Waals surface area (Å²) >= 11 is 3.29. The van der Waals surface area contributed by atoms with Crippen molar-refractivity contribution in [1.82, 2.24) is 5.09 Å². The lowest BCUT2D eigenvalue weighted by atomic mass is 10.3. The van der Waals surface area contributed by atoms with Crippen LogP contribution < -0.4 is 9.61 Å². The second kappa shape index (κ2) is 6.36. The minimum atomic E-state index is -3.12. The quantitative estimate of drug-likeness (QED) is 0.662. The molecule has 1 rings (SSSR count). The van der Waals surface area contributed by atoms with Crippen molar-refractivity contribution in [3.63, 3.8) is 0 Å². The maximum absolute atomic E-state index is 12.1. The minimum absolute atomic E-state index is 0.466. The van der Waals surface area contributed by atoms with E-state index in [0.717, 1.165) is 4.47 Å². The summed E-state index contributed by atoms with van der Waals surface area (Å²) in [5, 5.41) is 2.62. The summed E-state index contributed by atoms with van der Waals surface area (Å²) in [6.07, 6.45) is 0. The van der Waals surface area contributed by atoms with Crippen molar-refractivity contribution in [1.29, 1.82) is 0 Å². The normalized spacial score (nSPS) is 15.6. The van der Waals surface area contributed by atoms with Crippen molar-refractivity contribution in [2.45, 2.75) is 13.0 Å². The number of esters is 1. The van der Waals surface area contributed by atoms with Gasteiger partial charge in [-0.2, -0.15) is 0 Å². The SMILES string of the molecule is COC(=O)C(C)NP(C)(=O)Oc1ccc(Br)cc1. The molecule has 2 unspecified atom stereocenters.